The maximum absolute atomic E-state index is 12.7. The molecule has 0 fully saturated rings. The average molecular weight is 246 g/mol. The fourth-order valence-corrected chi connectivity index (χ4v) is 1.34. The summed E-state index contributed by atoms with van der Waals surface area (Å²) in [4.78, 5) is 11.7. The maximum Gasteiger partial charge on any atom is 0.228 e. The highest BCUT2D eigenvalue weighted by Gasteiger charge is 2.01. The van der Waals surface area contributed by atoms with Crippen LogP contribution in [-0.4, -0.2) is 10.9 Å². The third kappa shape index (κ3) is 3.04. The minimum Gasteiger partial charge on any atom is -0.338 e. The van der Waals surface area contributed by atoms with Crippen LogP contribution in [0.1, 0.15) is 16.1 Å². The van der Waals surface area contributed by atoms with Gasteiger partial charge in [0.15, 0.2) is 5.78 Å². The largest absolute Gasteiger partial charge is 0.338 e. The van der Waals surface area contributed by atoms with Gasteiger partial charge in [-0.05, 0) is 31.2 Å². The highest BCUT2D eigenvalue weighted by atomic mass is 19.1. The van der Waals surface area contributed by atoms with Crippen molar-refractivity contribution in [2.24, 2.45) is 0 Å². The molecule has 2 rings (SSSR count). The number of hydrogen-bond donors (Lipinski definition) is 1. The molecule has 1 N–H and O–H groups in total. The number of aromatic nitrogens is 1. The molecule has 0 amide bonds. The van der Waals surface area contributed by atoms with Gasteiger partial charge in [-0.2, -0.15) is 0 Å². The molecular formula is C13H11FN2O2. The van der Waals surface area contributed by atoms with Crippen molar-refractivity contribution in [2.45, 2.75) is 6.92 Å². The summed E-state index contributed by atoms with van der Waals surface area (Å²) in [5.41, 5.74) is 1.17. The third-order valence-corrected chi connectivity index (χ3v) is 2.22. The van der Waals surface area contributed by atoms with E-state index in [2.05, 4.69) is 10.5 Å². The Morgan fingerprint density at radius 2 is 2.11 bits per heavy atom. The smallest absolute Gasteiger partial charge is 0.228 e. The van der Waals surface area contributed by atoms with Crippen LogP contribution in [0.15, 0.2) is 47.1 Å². The monoisotopic (exact) mass is 246 g/mol. The van der Waals surface area contributed by atoms with Crippen molar-refractivity contribution in [3.8, 4) is 0 Å². The zero-order chi connectivity index (χ0) is 13.0. The number of rotatable bonds is 4. The Hall–Kier alpha value is -2.43. The molecular weight excluding hydrogens is 235 g/mol. The van der Waals surface area contributed by atoms with Crippen LogP contribution in [0.3, 0.4) is 0 Å². The van der Waals surface area contributed by atoms with Gasteiger partial charge in [0.1, 0.15) is 5.82 Å². The number of hydrogen-bond acceptors (Lipinski definition) is 4. The van der Waals surface area contributed by atoms with E-state index in [0.717, 1.165) is 5.69 Å². The number of ketones is 1. The second-order valence-electron chi connectivity index (χ2n) is 3.68. The summed E-state index contributed by atoms with van der Waals surface area (Å²) in [6.45, 7) is 1.79. The number of carbonyl (C=O) groups excluding carboxylic acids is 1. The van der Waals surface area contributed by atoms with E-state index < -0.39 is 0 Å². The number of nitrogens with zero attached hydrogens (tertiary/aromatic N) is 1. The molecule has 18 heavy (non-hydrogen) atoms. The fraction of sp³-hybridized carbons (Fsp3) is 0.0769. The van der Waals surface area contributed by atoms with Gasteiger partial charge in [0, 0.05) is 23.9 Å². The number of anilines is 1. The summed E-state index contributed by atoms with van der Waals surface area (Å²) in [6.07, 6.45) is 2.79. The van der Waals surface area contributed by atoms with Crippen LogP contribution in [0.4, 0.5) is 10.3 Å². The molecule has 1 aromatic heterocycles. The molecule has 5 heteroatoms. The lowest BCUT2D eigenvalue weighted by Crippen LogP contribution is -1.96. The lowest BCUT2D eigenvalue weighted by molar-refractivity contribution is 0.104. The Balaban J connectivity index is 1.97. The standard InChI is InChI=1S/C13H11FN2O2/c1-9-8-13(18-16-9)15-7-6-12(17)10-2-4-11(14)5-3-10/h2-8,15H,1H3. The van der Waals surface area contributed by atoms with Crippen molar-refractivity contribution in [2.75, 3.05) is 5.32 Å². The van der Waals surface area contributed by atoms with Crippen molar-refractivity contribution in [3.63, 3.8) is 0 Å². The maximum atomic E-state index is 12.7. The van der Waals surface area contributed by atoms with E-state index >= 15 is 0 Å². The van der Waals surface area contributed by atoms with E-state index in [1.165, 1.54) is 36.5 Å². The number of aryl methyl sites for hydroxylation is 1. The Morgan fingerprint density at radius 1 is 1.39 bits per heavy atom. The lowest BCUT2D eigenvalue weighted by atomic mass is 10.1. The first-order valence-electron chi connectivity index (χ1n) is 5.31. The number of benzene rings is 1. The van der Waals surface area contributed by atoms with Crippen LogP contribution in [0.2, 0.25) is 0 Å². The van der Waals surface area contributed by atoms with E-state index in [-0.39, 0.29) is 11.6 Å². The second kappa shape index (κ2) is 5.27. The summed E-state index contributed by atoms with van der Waals surface area (Å²) < 4.78 is 17.6. The van der Waals surface area contributed by atoms with Crippen molar-refractivity contribution in [1.29, 1.82) is 0 Å². The first-order chi connectivity index (χ1) is 8.65. The lowest BCUT2D eigenvalue weighted by Gasteiger charge is -1.95. The minimum absolute atomic E-state index is 0.223. The Kier molecular flexibility index (Phi) is 3.52. The van der Waals surface area contributed by atoms with Gasteiger partial charge in [0.05, 0.1) is 5.69 Å². The molecule has 4 nitrogen and oxygen atoms in total. The van der Waals surface area contributed by atoms with Crippen LogP contribution in [-0.2, 0) is 0 Å². The number of nitrogens with one attached hydrogen (secondary N) is 1. The SMILES string of the molecule is Cc1cc(NC=CC(=O)c2ccc(F)cc2)on1. The molecule has 92 valence electrons. The topological polar surface area (TPSA) is 55.1 Å². The third-order valence-electron chi connectivity index (χ3n) is 2.22. The predicted molar refractivity (Wildman–Crippen MR) is 64.7 cm³/mol. The molecule has 0 radical (unpaired) electrons. The van der Waals surface area contributed by atoms with E-state index in [1.54, 1.807) is 13.0 Å². The van der Waals surface area contributed by atoms with Crippen LogP contribution in [0, 0.1) is 12.7 Å². The predicted octanol–water partition coefficient (Wildman–Crippen LogP) is 2.93. The van der Waals surface area contributed by atoms with Crippen molar-refractivity contribution < 1.29 is 13.7 Å². The van der Waals surface area contributed by atoms with Crippen LogP contribution >= 0.6 is 0 Å². The summed E-state index contributed by atoms with van der Waals surface area (Å²) in [7, 11) is 0. The van der Waals surface area contributed by atoms with Crippen molar-refractivity contribution in [3.05, 3.63) is 59.7 Å². The van der Waals surface area contributed by atoms with Gasteiger partial charge in [0.25, 0.3) is 0 Å². The Morgan fingerprint density at radius 3 is 2.72 bits per heavy atom. The highest BCUT2D eigenvalue weighted by Crippen LogP contribution is 2.08. The molecule has 0 aliphatic heterocycles. The van der Waals surface area contributed by atoms with Crippen molar-refractivity contribution in [1.82, 2.24) is 5.16 Å². The van der Waals surface area contributed by atoms with Gasteiger partial charge in [-0.15, -0.1) is 0 Å². The average Bonchev–Trinajstić information content (AvgIpc) is 2.76. The first-order valence-corrected chi connectivity index (χ1v) is 5.31. The zero-order valence-electron chi connectivity index (χ0n) is 9.68. The Labute approximate surface area is 103 Å². The summed E-state index contributed by atoms with van der Waals surface area (Å²) in [5.74, 6) is -0.139. The van der Waals surface area contributed by atoms with E-state index in [0.29, 0.717) is 11.4 Å². The molecule has 1 heterocycles. The van der Waals surface area contributed by atoms with Crippen molar-refractivity contribution >= 4 is 11.7 Å². The van der Waals surface area contributed by atoms with Gasteiger partial charge in [-0.25, -0.2) is 4.39 Å². The minimum atomic E-state index is -0.370. The molecule has 0 saturated heterocycles. The van der Waals surface area contributed by atoms with E-state index in [4.69, 9.17) is 4.52 Å². The summed E-state index contributed by atoms with van der Waals surface area (Å²) in [5, 5.41) is 6.46. The number of carbonyl (C=O) groups is 1. The molecule has 1 aromatic carbocycles. The number of halogens is 1. The molecule has 0 unspecified atom stereocenters. The van der Waals surface area contributed by atoms with Crippen LogP contribution in [0.25, 0.3) is 0 Å². The molecule has 0 aliphatic carbocycles. The molecule has 0 saturated carbocycles. The molecule has 0 spiro atoms. The van der Waals surface area contributed by atoms with Crippen LogP contribution in [0.5, 0.6) is 0 Å². The van der Waals surface area contributed by atoms with Gasteiger partial charge in [0.2, 0.25) is 5.88 Å². The van der Waals surface area contributed by atoms with Gasteiger partial charge < -0.3 is 9.84 Å². The molecule has 0 aliphatic rings. The first kappa shape index (κ1) is 12.0. The van der Waals surface area contributed by atoms with Crippen LogP contribution < -0.4 is 5.32 Å². The van der Waals surface area contributed by atoms with Gasteiger partial charge in [-0.1, -0.05) is 5.16 Å². The highest BCUT2D eigenvalue weighted by molar-refractivity contribution is 6.04. The normalized spacial score (nSPS) is 10.8. The summed E-state index contributed by atoms with van der Waals surface area (Å²) >= 11 is 0. The number of allylic oxidation sites excluding steroid dienone is 1. The Bertz CT molecular complexity index is 573. The molecule has 2 aromatic rings. The van der Waals surface area contributed by atoms with E-state index in [9.17, 15) is 9.18 Å². The second-order valence-corrected chi connectivity index (χ2v) is 3.68. The summed E-state index contributed by atoms with van der Waals surface area (Å²) in [6, 6.07) is 7.05. The quantitative estimate of drug-likeness (QED) is 0.665. The molecule has 0 atom stereocenters. The fourth-order valence-electron chi connectivity index (χ4n) is 1.34. The van der Waals surface area contributed by atoms with E-state index in [1.807, 2.05) is 0 Å². The van der Waals surface area contributed by atoms with Gasteiger partial charge in [-0.3, -0.25) is 4.79 Å². The molecule has 0 bridgehead atoms. The zero-order valence-corrected chi connectivity index (χ0v) is 9.68. The van der Waals surface area contributed by atoms with Gasteiger partial charge >= 0.3 is 0 Å².